The molecule has 0 aliphatic heterocycles. The Morgan fingerprint density at radius 1 is 0.583 bits per heavy atom. The van der Waals surface area contributed by atoms with E-state index >= 15 is 0 Å². The summed E-state index contributed by atoms with van der Waals surface area (Å²) in [5, 5.41) is 0. The van der Waals surface area contributed by atoms with Crippen LogP contribution in [0.3, 0.4) is 0 Å². The van der Waals surface area contributed by atoms with Crippen molar-refractivity contribution in [2.45, 2.75) is 13.8 Å². The molecule has 122 valence electrons. The third kappa shape index (κ3) is 3.38. The normalized spacial score (nSPS) is 10.5. The van der Waals surface area contributed by atoms with E-state index in [-0.39, 0.29) is 11.6 Å². The van der Waals surface area contributed by atoms with E-state index < -0.39 is 0 Å². The van der Waals surface area contributed by atoms with Crippen LogP contribution in [-0.2, 0) is 0 Å². The van der Waals surface area contributed by atoms with Crippen LogP contribution in [0.1, 0.15) is 11.1 Å². The van der Waals surface area contributed by atoms with Gasteiger partial charge in [0.2, 0.25) is 0 Å². The molecule has 0 aliphatic carbocycles. The topological polar surface area (TPSA) is 18.5 Å². The van der Waals surface area contributed by atoms with E-state index in [0.29, 0.717) is 34.1 Å². The Bertz CT molecular complexity index is 786. The largest absolute Gasteiger partial charge is 0.457 e. The van der Waals surface area contributed by atoms with Crippen molar-refractivity contribution < 1.29 is 18.3 Å². The van der Waals surface area contributed by atoms with Crippen molar-refractivity contribution in [3.8, 4) is 23.0 Å². The van der Waals surface area contributed by atoms with Crippen LogP contribution in [0.2, 0.25) is 0 Å². The van der Waals surface area contributed by atoms with Gasteiger partial charge in [0.15, 0.2) is 0 Å². The van der Waals surface area contributed by atoms with Gasteiger partial charge in [0.25, 0.3) is 0 Å². The third-order valence-electron chi connectivity index (χ3n) is 3.72. The van der Waals surface area contributed by atoms with Crippen molar-refractivity contribution in [1.82, 2.24) is 0 Å². The second-order valence-electron chi connectivity index (χ2n) is 5.40. The van der Waals surface area contributed by atoms with E-state index in [4.69, 9.17) is 9.47 Å². The fourth-order valence-electron chi connectivity index (χ4n) is 2.23. The second-order valence-corrected chi connectivity index (χ2v) is 5.40. The number of rotatable bonds is 4. The number of ether oxygens (including phenoxy) is 2. The van der Waals surface area contributed by atoms with Gasteiger partial charge in [0.05, 0.1) is 0 Å². The molecule has 0 bridgehead atoms. The lowest BCUT2D eigenvalue weighted by Gasteiger charge is -2.11. The highest BCUT2D eigenvalue weighted by atomic mass is 19.1. The first-order chi connectivity index (χ1) is 11.5. The molecule has 0 fully saturated rings. The minimum Gasteiger partial charge on any atom is -0.457 e. The lowest BCUT2D eigenvalue weighted by Crippen LogP contribution is -1.92. The summed E-state index contributed by atoms with van der Waals surface area (Å²) >= 11 is 0. The zero-order valence-electron chi connectivity index (χ0n) is 13.3. The molecular formula is C20H16F2O2. The summed E-state index contributed by atoms with van der Waals surface area (Å²) in [4.78, 5) is 0. The van der Waals surface area contributed by atoms with Crippen LogP contribution in [0.5, 0.6) is 23.0 Å². The van der Waals surface area contributed by atoms with Crippen molar-refractivity contribution in [2.75, 3.05) is 0 Å². The van der Waals surface area contributed by atoms with Gasteiger partial charge in [-0.05, 0) is 62.4 Å². The molecule has 2 nitrogen and oxygen atoms in total. The summed E-state index contributed by atoms with van der Waals surface area (Å²) in [6.45, 7) is 3.32. The quantitative estimate of drug-likeness (QED) is 0.571. The van der Waals surface area contributed by atoms with Crippen molar-refractivity contribution in [1.29, 1.82) is 0 Å². The molecule has 0 radical (unpaired) electrons. The van der Waals surface area contributed by atoms with Crippen LogP contribution in [0, 0.1) is 25.5 Å². The van der Waals surface area contributed by atoms with Crippen molar-refractivity contribution in [3.05, 3.63) is 83.4 Å². The molecule has 0 N–H and O–H groups in total. The minimum absolute atomic E-state index is 0.311. The van der Waals surface area contributed by atoms with Crippen LogP contribution in [0.4, 0.5) is 8.78 Å². The van der Waals surface area contributed by atoms with Gasteiger partial charge in [0, 0.05) is 11.1 Å². The molecule has 3 rings (SSSR count). The van der Waals surface area contributed by atoms with E-state index in [1.165, 1.54) is 12.1 Å². The summed E-state index contributed by atoms with van der Waals surface area (Å²) in [7, 11) is 0. The van der Waals surface area contributed by atoms with Crippen LogP contribution >= 0.6 is 0 Å². The minimum atomic E-state index is -0.311. The van der Waals surface area contributed by atoms with Crippen LogP contribution in [0.25, 0.3) is 0 Å². The Hall–Kier alpha value is -2.88. The van der Waals surface area contributed by atoms with Crippen molar-refractivity contribution in [2.24, 2.45) is 0 Å². The Kier molecular flexibility index (Phi) is 4.47. The highest BCUT2D eigenvalue weighted by molar-refractivity contribution is 5.42. The number of hydrogen-bond acceptors (Lipinski definition) is 2. The van der Waals surface area contributed by atoms with E-state index in [9.17, 15) is 8.78 Å². The van der Waals surface area contributed by atoms with Gasteiger partial charge in [-0.1, -0.05) is 12.1 Å². The molecule has 0 unspecified atom stereocenters. The van der Waals surface area contributed by atoms with Gasteiger partial charge in [0.1, 0.15) is 34.6 Å². The van der Waals surface area contributed by atoms with Gasteiger partial charge in [-0.15, -0.1) is 0 Å². The molecule has 4 heteroatoms. The molecule has 3 aromatic rings. The molecule has 0 aromatic heterocycles. The van der Waals surface area contributed by atoms with Crippen molar-refractivity contribution >= 4 is 0 Å². The first-order valence-electron chi connectivity index (χ1n) is 7.50. The molecule has 0 saturated heterocycles. The summed E-state index contributed by atoms with van der Waals surface area (Å²) in [6.07, 6.45) is 0. The summed E-state index contributed by atoms with van der Waals surface area (Å²) < 4.78 is 38.4. The second kappa shape index (κ2) is 6.71. The molecule has 3 aromatic carbocycles. The lowest BCUT2D eigenvalue weighted by atomic mass is 10.2. The van der Waals surface area contributed by atoms with Gasteiger partial charge >= 0.3 is 0 Å². The first-order valence-corrected chi connectivity index (χ1v) is 7.50. The molecule has 0 saturated carbocycles. The highest BCUT2D eigenvalue weighted by Crippen LogP contribution is 2.30. The zero-order valence-corrected chi connectivity index (χ0v) is 13.3. The maximum absolute atomic E-state index is 13.5. The predicted octanol–water partition coefficient (Wildman–Crippen LogP) is 6.17. The SMILES string of the molecule is Cc1c(F)cccc1Oc1ccc(Oc2cccc(F)c2C)cc1. The summed E-state index contributed by atoms with van der Waals surface area (Å²) in [5.74, 6) is 1.43. The van der Waals surface area contributed by atoms with Gasteiger partial charge in [-0.2, -0.15) is 0 Å². The van der Waals surface area contributed by atoms with E-state index in [1.54, 1.807) is 62.4 Å². The van der Waals surface area contributed by atoms with Gasteiger partial charge < -0.3 is 9.47 Å². The molecule has 24 heavy (non-hydrogen) atoms. The molecule has 0 amide bonds. The van der Waals surface area contributed by atoms with Crippen LogP contribution in [-0.4, -0.2) is 0 Å². The molecule has 0 heterocycles. The van der Waals surface area contributed by atoms with E-state index in [2.05, 4.69) is 0 Å². The monoisotopic (exact) mass is 326 g/mol. The average Bonchev–Trinajstić information content (AvgIpc) is 2.58. The van der Waals surface area contributed by atoms with Crippen molar-refractivity contribution in [3.63, 3.8) is 0 Å². The standard InChI is InChI=1S/C20H16F2O2/c1-13-17(21)5-3-7-19(13)23-15-9-11-16(12-10-15)24-20-8-4-6-18(22)14(20)2/h3-12H,1-2H3. The van der Waals surface area contributed by atoms with E-state index in [0.717, 1.165) is 0 Å². The predicted molar refractivity (Wildman–Crippen MR) is 88.9 cm³/mol. The van der Waals surface area contributed by atoms with Crippen LogP contribution in [0.15, 0.2) is 60.7 Å². The average molecular weight is 326 g/mol. The fourth-order valence-corrected chi connectivity index (χ4v) is 2.23. The van der Waals surface area contributed by atoms with E-state index in [1.807, 2.05) is 0 Å². The number of benzene rings is 3. The lowest BCUT2D eigenvalue weighted by molar-refractivity contribution is 0.459. The van der Waals surface area contributed by atoms with Gasteiger partial charge in [-0.25, -0.2) is 8.78 Å². The maximum atomic E-state index is 13.5. The highest BCUT2D eigenvalue weighted by Gasteiger charge is 2.08. The fraction of sp³-hybridized carbons (Fsp3) is 0.100. The molecule has 0 aliphatic rings. The first kappa shape index (κ1) is 16.0. The zero-order chi connectivity index (χ0) is 17.1. The van der Waals surface area contributed by atoms with Gasteiger partial charge in [-0.3, -0.25) is 0 Å². The Labute approximate surface area is 139 Å². The third-order valence-corrected chi connectivity index (χ3v) is 3.72. The number of hydrogen-bond donors (Lipinski definition) is 0. The molecular weight excluding hydrogens is 310 g/mol. The maximum Gasteiger partial charge on any atom is 0.133 e. The Morgan fingerprint density at radius 3 is 1.33 bits per heavy atom. The summed E-state index contributed by atoms with van der Waals surface area (Å²) in [5.41, 5.74) is 0.904. The molecule has 0 spiro atoms. The number of halogens is 2. The van der Waals surface area contributed by atoms with Crippen LogP contribution < -0.4 is 9.47 Å². The Morgan fingerprint density at radius 2 is 0.958 bits per heavy atom. The Balaban J connectivity index is 1.76. The smallest absolute Gasteiger partial charge is 0.133 e. The summed E-state index contributed by atoms with van der Waals surface area (Å²) in [6, 6.07) is 16.3. The molecule has 0 atom stereocenters.